The molecular weight excluding hydrogens is 629 g/mol. The van der Waals surface area contributed by atoms with Gasteiger partial charge in [-0.3, -0.25) is 8.74 Å². The molecule has 0 amide bonds. The molecule has 1 saturated heterocycles. The SMILES string of the molecule is Cc1ccc(S(=O)(=O)O)cc1.Cc1ccc(S(=O)(=O)OC[C@H]2CO[C@@](Cn3cncn3)(c3ccc(Cl)cc3Cl)O2)cc1. The van der Waals surface area contributed by atoms with E-state index in [9.17, 15) is 16.8 Å². The summed E-state index contributed by atoms with van der Waals surface area (Å²) >= 11 is 12.4. The van der Waals surface area contributed by atoms with E-state index >= 15 is 0 Å². The van der Waals surface area contributed by atoms with Gasteiger partial charge < -0.3 is 9.47 Å². The number of ether oxygens (including phenoxy) is 2. The number of aromatic nitrogens is 3. The number of aryl methyl sites for hydroxylation is 2. The van der Waals surface area contributed by atoms with Crippen molar-refractivity contribution in [2.75, 3.05) is 13.2 Å². The lowest BCUT2D eigenvalue weighted by atomic mass is 10.1. The third-order valence-corrected chi connectivity index (χ3v) is 8.79. The van der Waals surface area contributed by atoms with Crippen molar-refractivity contribution in [2.24, 2.45) is 0 Å². The van der Waals surface area contributed by atoms with Crippen LogP contribution < -0.4 is 0 Å². The predicted molar refractivity (Wildman–Crippen MR) is 154 cm³/mol. The van der Waals surface area contributed by atoms with Gasteiger partial charge in [0.1, 0.15) is 25.3 Å². The number of nitrogens with zero attached hydrogens (tertiary/aromatic N) is 3. The molecule has 3 aromatic carbocycles. The van der Waals surface area contributed by atoms with Crippen molar-refractivity contribution in [1.29, 1.82) is 0 Å². The highest BCUT2D eigenvalue weighted by Gasteiger charge is 2.46. The van der Waals surface area contributed by atoms with E-state index in [4.69, 9.17) is 41.4 Å². The Morgan fingerprint density at radius 2 is 1.60 bits per heavy atom. The number of benzene rings is 3. The Morgan fingerprint density at radius 3 is 2.14 bits per heavy atom. The lowest BCUT2D eigenvalue weighted by molar-refractivity contribution is -0.190. The molecule has 1 aromatic heterocycles. The van der Waals surface area contributed by atoms with Crippen LogP contribution in [0.4, 0.5) is 0 Å². The maximum absolute atomic E-state index is 12.5. The minimum atomic E-state index is -4.02. The van der Waals surface area contributed by atoms with Crippen LogP contribution >= 0.6 is 23.2 Å². The van der Waals surface area contributed by atoms with Crippen molar-refractivity contribution in [3.05, 3.63) is 106 Å². The molecule has 1 aliphatic rings. The lowest BCUT2D eigenvalue weighted by Crippen LogP contribution is -2.35. The summed E-state index contributed by atoms with van der Waals surface area (Å²) in [5, 5.41) is 4.92. The minimum absolute atomic E-state index is 0.0666. The van der Waals surface area contributed by atoms with E-state index < -0.39 is 32.1 Å². The molecule has 4 aromatic rings. The Balaban J connectivity index is 0.000000310. The zero-order valence-corrected chi connectivity index (χ0v) is 25.6. The zero-order valence-electron chi connectivity index (χ0n) is 22.4. The Morgan fingerprint density at radius 1 is 0.976 bits per heavy atom. The van der Waals surface area contributed by atoms with Gasteiger partial charge in [0, 0.05) is 10.6 Å². The lowest BCUT2D eigenvalue weighted by Gasteiger charge is -2.29. The molecule has 2 heterocycles. The Kier molecular flexibility index (Phi) is 10.1. The van der Waals surface area contributed by atoms with Gasteiger partial charge >= 0.3 is 0 Å². The third kappa shape index (κ3) is 8.14. The van der Waals surface area contributed by atoms with Crippen molar-refractivity contribution in [1.82, 2.24) is 14.8 Å². The summed E-state index contributed by atoms with van der Waals surface area (Å²) in [6, 6.07) is 17.4. The van der Waals surface area contributed by atoms with Crippen LogP contribution in [0.1, 0.15) is 16.7 Å². The molecule has 15 heteroatoms. The Bertz CT molecular complexity index is 1720. The van der Waals surface area contributed by atoms with E-state index in [2.05, 4.69) is 10.1 Å². The van der Waals surface area contributed by atoms with Gasteiger partial charge in [-0.05, 0) is 50.2 Å². The van der Waals surface area contributed by atoms with E-state index in [0.29, 0.717) is 15.6 Å². The maximum Gasteiger partial charge on any atom is 0.297 e. The van der Waals surface area contributed by atoms with Crippen LogP contribution in [0, 0.1) is 13.8 Å². The molecule has 5 rings (SSSR count). The fourth-order valence-corrected chi connectivity index (χ4v) is 5.90. The van der Waals surface area contributed by atoms with Crippen LogP contribution in [-0.4, -0.2) is 55.5 Å². The fraction of sp³-hybridized carbons (Fsp3) is 0.259. The van der Waals surface area contributed by atoms with Crippen molar-refractivity contribution in [3.8, 4) is 0 Å². The van der Waals surface area contributed by atoms with E-state index in [1.165, 1.54) is 41.6 Å². The van der Waals surface area contributed by atoms with E-state index in [1.807, 2.05) is 13.8 Å². The molecule has 224 valence electrons. The van der Waals surface area contributed by atoms with Gasteiger partial charge in [-0.2, -0.15) is 21.9 Å². The maximum atomic E-state index is 12.5. The Labute approximate surface area is 253 Å². The molecule has 0 bridgehead atoms. The van der Waals surface area contributed by atoms with Crippen LogP contribution in [0.5, 0.6) is 0 Å². The van der Waals surface area contributed by atoms with Crippen LogP contribution in [0.3, 0.4) is 0 Å². The van der Waals surface area contributed by atoms with Crippen LogP contribution in [0.25, 0.3) is 0 Å². The average Bonchev–Trinajstić information content (AvgIpc) is 3.59. The van der Waals surface area contributed by atoms with E-state index in [-0.39, 0.29) is 29.5 Å². The average molecular weight is 657 g/mol. The second-order valence-electron chi connectivity index (χ2n) is 9.36. The molecule has 1 aliphatic heterocycles. The van der Waals surface area contributed by atoms with Gasteiger partial charge in [0.25, 0.3) is 20.2 Å². The number of hydrogen-bond acceptors (Lipinski definition) is 9. The van der Waals surface area contributed by atoms with Gasteiger partial charge in [-0.15, -0.1) is 0 Å². The smallest absolute Gasteiger partial charge is 0.297 e. The fourth-order valence-electron chi connectivity index (χ4n) is 3.93. The quantitative estimate of drug-likeness (QED) is 0.207. The molecule has 0 radical (unpaired) electrons. The highest BCUT2D eigenvalue weighted by Crippen LogP contribution is 2.40. The minimum Gasteiger partial charge on any atom is -0.342 e. The normalized spacial score (nSPS) is 18.8. The van der Waals surface area contributed by atoms with E-state index in [0.717, 1.165) is 11.1 Å². The highest BCUT2D eigenvalue weighted by atomic mass is 35.5. The van der Waals surface area contributed by atoms with Gasteiger partial charge in [0.15, 0.2) is 0 Å². The topological polar surface area (TPSA) is 147 Å². The molecule has 0 aliphatic carbocycles. The van der Waals surface area contributed by atoms with Gasteiger partial charge in [0.2, 0.25) is 5.79 Å². The molecule has 0 saturated carbocycles. The first kappa shape index (κ1) is 32.0. The number of rotatable bonds is 8. The summed E-state index contributed by atoms with van der Waals surface area (Å²) in [6.07, 6.45) is 2.25. The van der Waals surface area contributed by atoms with Crippen molar-refractivity contribution in [3.63, 3.8) is 0 Å². The summed E-state index contributed by atoms with van der Waals surface area (Å²) in [5.74, 6) is -1.31. The zero-order chi connectivity index (χ0) is 30.5. The second kappa shape index (κ2) is 13.2. The van der Waals surface area contributed by atoms with Crippen LogP contribution in [-0.2, 0) is 46.2 Å². The molecule has 1 N–H and O–H groups in total. The summed E-state index contributed by atoms with van der Waals surface area (Å²) in [7, 11) is -7.96. The number of halogens is 2. The first-order valence-corrected chi connectivity index (χ1v) is 16.0. The van der Waals surface area contributed by atoms with Crippen molar-refractivity contribution < 1.29 is 35.0 Å². The first-order chi connectivity index (χ1) is 19.8. The molecule has 0 unspecified atom stereocenters. The summed E-state index contributed by atoms with van der Waals surface area (Å²) < 4.78 is 73.5. The molecule has 0 spiro atoms. The molecule has 42 heavy (non-hydrogen) atoms. The number of hydrogen-bond donors (Lipinski definition) is 1. The molecule has 2 atom stereocenters. The van der Waals surface area contributed by atoms with E-state index in [1.54, 1.807) is 42.5 Å². The Hall–Kier alpha value is -2.88. The predicted octanol–water partition coefficient (Wildman–Crippen LogP) is 4.81. The first-order valence-electron chi connectivity index (χ1n) is 12.4. The molecule has 11 nitrogen and oxygen atoms in total. The molecular formula is C27H27Cl2N3O8S2. The monoisotopic (exact) mass is 655 g/mol. The van der Waals surface area contributed by atoms with Gasteiger partial charge in [-0.1, -0.05) is 64.7 Å². The van der Waals surface area contributed by atoms with Crippen LogP contribution in [0.2, 0.25) is 10.0 Å². The summed E-state index contributed by atoms with van der Waals surface area (Å²) in [5.41, 5.74) is 2.44. The van der Waals surface area contributed by atoms with Gasteiger partial charge in [-0.25, -0.2) is 9.67 Å². The third-order valence-electron chi connectivity index (χ3n) is 6.08. The van der Waals surface area contributed by atoms with Crippen molar-refractivity contribution in [2.45, 2.75) is 42.1 Å². The van der Waals surface area contributed by atoms with Crippen LogP contribution in [0.15, 0.2) is 89.2 Å². The highest BCUT2D eigenvalue weighted by molar-refractivity contribution is 7.86. The summed E-state index contributed by atoms with van der Waals surface area (Å²) in [6.45, 7) is 3.73. The standard InChI is InChI=1S/C20H19Cl2N3O5S.C7H8O3S/c1-14-2-5-17(6-3-14)31(26,27)29-10-16-9-28-20(30-16,11-25-13-23-12-24-25)18-7-4-15(21)8-19(18)22;1-6-2-4-7(5-3-6)11(8,9)10/h2-8,12-13,16H,9-11H2,1H3;2-5H,1H3,(H,8,9,10)/t16-,20-;/m1./s1. The van der Waals surface area contributed by atoms with Gasteiger partial charge in [0.05, 0.1) is 28.0 Å². The molecule has 1 fully saturated rings. The second-order valence-corrected chi connectivity index (χ2v) is 13.2. The summed E-state index contributed by atoms with van der Waals surface area (Å²) in [4.78, 5) is 3.94. The largest absolute Gasteiger partial charge is 0.342 e. The van der Waals surface area contributed by atoms with Crippen molar-refractivity contribution >= 4 is 43.4 Å².